The number of aromatic nitrogens is 4. The van der Waals surface area contributed by atoms with Gasteiger partial charge in [-0.2, -0.15) is 9.61 Å². The Morgan fingerprint density at radius 3 is 2.46 bits per heavy atom. The maximum Gasteiger partial charge on any atom is 0.185 e. The summed E-state index contributed by atoms with van der Waals surface area (Å²) in [5, 5.41) is 13.8. The molecule has 6 heteroatoms. The van der Waals surface area contributed by atoms with E-state index in [9.17, 15) is 4.39 Å². The number of nitrogens with zero attached hydrogens (tertiary/aromatic N) is 4. The molecular formula is C18H13FN4S. The molecule has 0 aliphatic rings. The van der Waals surface area contributed by atoms with E-state index < -0.39 is 0 Å². The highest BCUT2D eigenvalue weighted by Gasteiger charge is 2.10. The van der Waals surface area contributed by atoms with Crippen LogP contribution in [0.3, 0.4) is 0 Å². The Morgan fingerprint density at radius 1 is 0.875 bits per heavy atom. The first kappa shape index (κ1) is 14.8. The molecular weight excluding hydrogens is 323 g/mol. The molecule has 0 bridgehead atoms. The predicted molar refractivity (Wildman–Crippen MR) is 92.2 cm³/mol. The molecule has 4 aromatic rings. The number of halogens is 1. The minimum Gasteiger partial charge on any atom is -0.207 e. The topological polar surface area (TPSA) is 43.1 Å². The summed E-state index contributed by atoms with van der Waals surface area (Å²) in [5.74, 6) is 1.17. The summed E-state index contributed by atoms with van der Waals surface area (Å²) in [6.45, 7) is 0. The van der Waals surface area contributed by atoms with Gasteiger partial charge in [0.05, 0.1) is 0 Å². The van der Waals surface area contributed by atoms with Crippen LogP contribution in [0.5, 0.6) is 0 Å². The third kappa shape index (κ3) is 3.00. The zero-order valence-corrected chi connectivity index (χ0v) is 13.4. The van der Waals surface area contributed by atoms with Gasteiger partial charge >= 0.3 is 0 Å². The summed E-state index contributed by atoms with van der Waals surface area (Å²) in [6, 6.07) is 20.2. The molecule has 2 aromatic carbocycles. The lowest BCUT2D eigenvalue weighted by Gasteiger charge is -2.03. The molecule has 0 atom stereocenters. The average molecular weight is 336 g/mol. The van der Waals surface area contributed by atoms with Gasteiger partial charge in [0, 0.05) is 11.3 Å². The largest absolute Gasteiger partial charge is 0.207 e. The van der Waals surface area contributed by atoms with Crippen molar-refractivity contribution in [2.45, 2.75) is 10.8 Å². The zero-order valence-electron chi connectivity index (χ0n) is 12.6. The number of hydrogen-bond donors (Lipinski definition) is 0. The Labute approximate surface area is 142 Å². The van der Waals surface area contributed by atoms with Crippen LogP contribution in [0.1, 0.15) is 5.56 Å². The first-order chi connectivity index (χ1) is 11.8. The van der Waals surface area contributed by atoms with Gasteiger partial charge in [-0.3, -0.25) is 0 Å². The molecule has 0 aliphatic heterocycles. The van der Waals surface area contributed by atoms with Gasteiger partial charge < -0.3 is 0 Å². The van der Waals surface area contributed by atoms with Crippen LogP contribution in [0.4, 0.5) is 4.39 Å². The summed E-state index contributed by atoms with van der Waals surface area (Å²) in [4.78, 5) is 0. The van der Waals surface area contributed by atoms with Crippen molar-refractivity contribution >= 4 is 17.4 Å². The standard InChI is InChI=1S/C18H13FN4S/c19-15-8-6-14(7-9-15)18-21-20-16-10-11-17(22-23(16)18)24-12-13-4-2-1-3-5-13/h1-11H,12H2. The number of fused-ring (bicyclic) bond motifs is 1. The first-order valence-electron chi connectivity index (χ1n) is 7.45. The van der Waals surface area contributed by atoms with E-state index in [0.29, 0.717) is 11.5 Å². The van der Waals surface area contributed by atoms with E-state index in [4.69, 9.17) is 0 Å². The van der Waals surface area contributed by atoms with Crippen molar-refractivity contribution in [1.82, 2.24) is 19.8 Å². The lowest BCUT2D eigenvalue weighted by molar-refractivity contribution is 0.628. The van der Waals surface area contributed by atoms with E-state index in [1.807, 2.05) is 30.3 Å². The second-order valence-electron chi connectivity index (χ2n) is 5.25. The van der Waals surface area contributed by atoms with E-state index >= 15 is 0 Å². The molecule has 0 saturated heterocycles. The Bertz CT molecular complexity index is 967. The molecule has 0 N–H and O–H groups in total. The SMILES string of the molecule is Fc1ccc(-c2nnc3ccc(SCc4ccccc4)nn23)cc1. The summed E-state index contributed by atoms with van der Waals surface area (Å²) in [7, 11) is 0. The van der Waals surface area contributed by atoms with Gasteiger partial charge in [0.15, 0.2) is 11.5 Å². The molecule has 0 amide bonds. The van der Waals surface area contributed by atoms with Gasteiger partial charge in [0.2, 0.25) is 0 Å². The number of hydrogen-bond acceptors (Lipinski definition) is 4. The van der Waals surface area contributed by atoms with Crippen molar-refractivity contribution in [1.29, 1.82) is 0 Å². The van der Waals surface area contributed by atoms with E-state index in [1.54, 1.807) is 28.4 Å². The third-order valence-corrected chi connectivity index (χ3v) is 4.56. The van der Waals surface area contributed by atoms with Crippen LogP contribution in [-0.2, 0) is 5.75 Å². The van der Waals surface area contributed by atoms with Crippen molar-refractivity contribution < 1.29 is 4.39 Å². The van der Waals surface area contributed by atoms with E-state index in [0.717, 1.165) is 16.3 Å². The normalized spacial score (nSPS) is 11.0. The van der Waals surface area contributed by atoms with Gasteiger partial charge in [-0.1, -0.05) is 42.1 Å². The molecule has 0 radical (unpaired) electrons. The number of benzene rings is 2. The molecule has 4 rings (SSSR count). The van der Waals surface area contributed by atoms with Crippen LogP contribution in [0, 0.1) is 5.82 Å². The van der Waals surface area contributed by atoms with E-state index in [2.05, 4.69) is 27.4 Å². The van der Waals surface area contributed by atoms with Crippen LogP contribution < -0.4 is 0 Å². The molecule has 4 nitrogen and oxygen atoms in total. The van der Waals surface area contributed by atoms with E-state index in [-0.39, 0.29) is 5.82 Å². The molecule has 2 heterocycles. The second kappa shape index (κ2) is 6.41. The lowest BCUT2D eigenvalue weighted by atomic mass is 10.2. The number of rotatable bonds is 4. The van der Waals surface area contributed by atoms with Crippen molar-refractivity contribution in [3.8, 4) is 11.4 Å². The highest BCUT2D eigenvalue weighted by molar-refractivity contribution is 7.98. The molecule has 118 valence electrons. The quantitative estimate of drug-likeness (QED) is 0.523. The minimum atomic E-state index is -0.278. The van der Waals surface area contributed by atoms with Gasteiger partial charge in [-0.25, -0.2) is 4.39 Å². The average Bonchev–Trinajstić information content (AvgIpc) is 3.05. The van der Waals surface area contributed by atoms with Crippen molar-refractivity contribution in [2.75, 3.05) is 0 Å². The fourth-order valence-corrected chi connectivity index (χ4v) is 3.17. The summed E-state index contributed by atoms with van der Waals surface area (Å²) >= 11 is 1.65. The smallest absolute Gasteiger partial charge is 0.185 e. The highest BCUT2D eigenvalue weighted by Crippen LogP contribution is 2.23. The second-order valence-corrected chi connectivity index (χ2v) is 6.24. The fourth-order valence-electron chi connectivity index (χ4n) is 2.36. The summed E-state index contributed by atoms with van der Waals surface area (Å²) in [5.41, 5.74) is 2.69. The van der Waals surface area contributed by atoms with Gasteiger partial charge in [0.25, 0.3) is 0 Å². The summed E-state index contributed by atoms with van der Waals surface area (Å²) < 4.78 is 14.8. The van der Waals surface area contributed by atoms with Gasteiger partial charge in [0.1, 0.15) is 10.8 Å². The Morgan fingerprint density at radius 2 is 1.67 bits per heavy atom. The summed E-state index contributed by atoms with van der Waals surface area (Å²) in [6.07, 6.45) is 0. The minimum absolute atomic E-state index is 0.278. The van der Waals surface area contributed by atoms with Crippen molar-refractivity contribution in [2.24, 2.45) is 0 Å². The molecule has 0 unspecified atom stereocenters. The van der Waals surface area contributed by atoms with Crippen LogP contribution in [0.25, 0.3) is 17.0 Å². The molecule has 0 spiro atoms. The Kier molecular flexibility index (Phi) is 3.96. The van der Waals surface area contributed by atoms with Crippen LogP contribution in [0.15, 0.2) is 71.8 Å². The molecule has 0 saturated carbocycles. The molecule has 0 fully saturated rings. The van der Waals surface area contributed by atoms with Crippen LogP contribution >= 0.6 is 11.8 Å². The van der Waals surface area contributed by atoms with E-state index in [1.165, 1.54) is 17.7 Å². The maximum absolute atomic E-state index is 13.1. The molecule has 0 aliphatic carbocycles. The van der Waals surface area contributed by atoms with Crippen LogP contribution in [-0.4, -0.2) is 19.8 Å². The van der Waals surface area contributed by atoms with Crippen LogP contribution in [0.2, 0.25) is 0 Å². The fraction of sp³-hybridized carbons (Fsp3) is 0.0556. The third-order valence-electron chi connectivity index (χ3n) is 3.57. The predicted octanol–water partition coefficient (Wildman–Crippen LogP) is 4.22. The van der Waals surface area contributed by atoms with Gasteiger partial charge in [-0.05, 0) is 42.0 Å². The molecule has 24 heavy (non-hydrogen) atoms. The Balaban J connectivity index is 1.64. The molecule has 2 aromatic heterocycles. The maximum atomic E-state index is 13.1. The first-order valence-corrected chi connectivity index (χ1v) is 8.43. The van der Waals surface area contributed by atoms with Crippen molar-refractivity contribution in [3.05, 3.63) is 78.1 Å². The lowest BCUT2D eigenvalue weighted by Crippen LogP contribution is -1.96. The van der Waals surface area contributed by atoms with Crippen molar-refractivity contribution in [3.63, 3.8) is 0 Å². The zero-order chi connectivity index (χ0) is 16.4. The highest BCUT2D eigenvalue weighted by atomic mass is 32.2. The van der Waals surface area contributed by atoms with Gasteiger partial charge in [-0.15, -0.1) is 10.2 Å². The number of thioether (sulfide) groups is 1. The Hall–Kier alpha value is -2.73. The monoisotopic (exact) mass is 336 g/mol.